The van der Waals surface area contributed by atoms with Crippen molar-refractivity contribution in [2.24, 2.45) is 5.92 Å². The quantitative estimate of drug-likeness (QED) is 0.527. The maximum Gasteiger partial charge on any atom is 0.311 e. The van der Waals surface area contributed by atoms with Crippen LogP contribution in [0.4, 0.5) is 5.69 Å². The number of thioether (sulfide) groups is 1. The van der Waals surface area contributed by atoms with E-state index in [0.717, 1.165) is 10.6 Å². The number of hydrogen-bond donors (Lipinski definition) is 0. The number of carbonyl (C=O) groups is 3. The number of ether oxygens (including phenoxy) is 1. The van der Waals surface area contributed by atoms with E-state index in [2.05, 4.69) is 0 Å². The molecule has 1 atom stereocenters. The summed E-state index contributed by atoms with van der Waals surface area (Å²) in [5, 5.41) is 0. The molecule has 1 saturated heterocycles. The lowest BCUT2D eigenvalue weighted by Crippen LogP contribution is -2.44. The number of nitrogens with zero attached hydrogens (tertiary/aromatic N) is 2. The predicted octanol–water partition coefficient (Wildman–Crippen LogP) is 2.95. The Hall–Kier alpha value is -2.02. The Morgan fingerprint density at radius 1 is 1.26 bits per heavy atom. The number of hydrogen-bond acceptors (Lipinski definition) is 5. The van der Waals surface area contributed by atoms with E-state index >= 15 is 0 Å². The molecule has 7 heteroatoms. The number of amides is 2. The van der Waals surface area contributed by atoms with Gasteiger partial charge in [-0.2, -0.15) is 0 Å². The van der Waals surface area contributed by atoms with E-state index in [-0.39, 0.29) is 43.5 Å². The number of esters is 1. The SMILES string of the molecule is CSc1cccc(N2C[C@H](C(=O)OCC(=O)N(C(C)C)C(C)C)CC2=O)c1. The average molecular weight is 393 g/mol. The third kappa shape index (κ3) is 5.25. The van der Waals surface area contributed by atoms with E-state index in [9.17, 15) is 14.4 Å². The zero-order valence-corrected chi connectivity index (χ0v) is 17.4. The van der Waals surface area contributed by atoms with Gasteiger partial charge in [0, 0.05) is 35.6 Å². The topological polar surface area (TPSA) is 66.9 Å². The minimum absolute atomic E-state index is 0.0310. The molecular formula is C20H28N2O4S. The highest BCUT2D eigenvalue weighted by molar-refractivity contribution is 7.98. The molecule has 0 bridgehead atoms. The second-order valence-corrected chi connectivity index (χ2v) is 8.08. The molecule has 0 saturated carbocycles. The van der Waals surface area contributed by atoms with Gasteiger partial charge in [-0.15, -0.1) is 11.8 Å². The minimum Gasteiger partial charge on any atom is -0.455 e. The van der Waals surface area contributed by atoms with Crippen molar-refractivity contribution in [1.29, 1.82) is 0 Å². The van der Waals surface area contributed by atoms with Crippen molar-refractivity contribution in [2.75, 3.05) is 24.3 Å². The normalized spacial score (nSPS) is 16.9. The van der Waals surface area contributed by atoms with Gasteiger partial charge in [0.05, 0.1) is 5.92 Å². The summed E-state index contributed by atoms with van der Waals surface area (Å²) in [4.78, 5) is 41.4. The molecule has 0 aromatic heterocycles. The zero-order valence-electron chi connectivity index (χ0n) is 16.6. The van der Waals surface area contributed by atoms with Gasteiger partial charge in [0.2, 0.25) is 5.91 Å². The van der Waals surface area contributed by atoms with Gasteiger partial charge in [-0.3, -0.25) is 14.4 Å². The second-order valence-electron chi connectivity index (χ2n) is 7.20. The van der Waals surface area contributed by atoms with E-state index in [0.29, 0.717) is 0 Å². The van der Waals surface area contributed by atoms with Gasteiger partial charge in [-0.1, -0.05) is 6.07 Å². The van der Waals surface area contributed by atoms with Crippen LogP contribution >= 0.6 is 11.8 Å². The highest BCUT2D eigenvalue weighted by Gasteiger charge is 2.36. The van der Waals surface area contributed by atoms with Crippen LogP contribution in [0.15, 0.2) is 29.2 Å². The van der Waals surface area contributed by atoms with Crippen molar-refractivity contribution in [3.8, 4) is 0 Å². The molecule has 0 unspecified atom stereocenters. The van der Waals surface area contributed by atoms with Gasteiger partial charge in [-0.25, -0.2) is 0 Å². The van der Waals surface area contributed by atoms with Crippen molar-refractivity contribution < 1.29 is 19.1 Å². The highest BCUT2D eigenvalue weighted by atomic mass is 32.2. The molecule has 2 rings (SSSR count). The van der Waals surface area contributed by atoms with Crippen LogP contribution in [0.2, 0.25) is 0 Å². The van der Waals surface area contributed by atoms with Crippen LogP contribution in [0.1, 0.15) is 34.1 Å². The Morgan fingerprint density at radius 3 is 2.52 bits per heavy atom. The molecule has 1 aliphatic rings. The molecule has 1 heterocycles. The van der Waals surface area contributed by atoms with Gasteiger partial charge in [0.15, 0.2) is 6.61 Å². The Kier molecular flexibility index (Phi) is 7.30. The summed E-state index contributed by atoms with van der Waals surface area (Å²) in [6.45, 7) is 7.70. The summed E-state index contributed by atoms with van der Waals surface area (Å²) in [5.41, 5.74) is 0.781. The molecule has 1 fully saturated rings. The molecule has 0 N–H and O–H groups in total. The van der Waals surface area contributed by atoms with Crippen molar-refractivity contribution >= 4 is 35.2 Å². The van der Waals surface area contributed by atoms with Gasteiger partial charge in [0.1, 0.15) is 0 Å². The van der Waals surface area contributed by atoms with Gasteiger partial charge >= 0.3 is 5.97 Å². The Balaban J connectivity index is 1.96. The molecule has 1 aromatic carbocycles. The van der Waals surface area contributed by atoms with Crippen molar-refractivity contribution in [1.82, 2.24) is 4.90 Å². The van der Waals surface area contributed by atoms with E-state index < -0.39 is 11.9 Å². The summed E-state index contributed by atoms with van der Waals surface area (Å²) < 4.78 is 5.23. The summed E-state index contributed by atoms with van der Waals surface area (Å²) in [7, 11) is 0. The molecule has 2 amide bonds. The lowest BCUT2D eigenvalue weighted by Gasteiger charge is -2.30. The third-order valence-corrected chi connectivity index (χ3v) is 5.29. The van der Waals surface area contributed by atoms with Crippen LogP contribution in [0.25, 0.3) is 0 Å². The number of benzene rings is 1. The van der Waals surface area contributed by atoms with E-state index in [1.807, 2.05) is 58.2 Å². The molecular weight excluding hydrogens is 364 g/mol. The summed E-state index contributed by atoms with van der Waals surface area (Å²) >= 11 is 1.60. The van der Waals surface area contributed by atoms with E-state index in [1.165, 1.54) is 0 Å². The van der Waals surface area contributed by atoms with Crippen molar-refractivity contribution in [3.63, 3.8) is 0 Å². The molecule has 6 nitrogen and oxygen atoms in total. The Labute approximate surface area is 165 Å². The molecule has 0 spiro atoms. The zero-order chi connectivity index (χ0) is 20.1. The first-order valence-electron chi connectivity index (χ1n) is 9.16. The monoisotopic (exact) mass is 392 g/mol. The fourth-order valence-corrected chi connectivity index (χ4v) is 3.84. The molecule has 0 aliphatic carbocycles. The smallest absolute Gasteiger partial charge is 0.311 e. The van der Waals surface area contributed by atoms with Crippen molar-refractivity contribution in [3.05, 3.63) is 24.3 Å². The second kappa shape index (κ2) is 9.26. The first-order valence-corrected chi connectivity index (χ1v) is 10.4. The van der Waals surface area contributed by atoms with Crippen LogP contribution in [-0.2, 0) is 19.1 Å². The number of anilines is 1. The Morgan fingerprint density at radius 2 is 1.93 bits per heavy atom. The maximum absolute atomic E-state index is 12.4. The van der Waals surface area contributed by atoms with Crippen LogP contribution < -0.4 is 4.90 Å². The van der Waals surface area contributed by atoms with Crippen molar-refractivity contribution in [2.45, 2.75) is 51.1 Å². The van der Waals surface area contributed by atoms with Gasteiger partial charge in [0.25, 0.3) is 5.91 Å². The fraction of sp³-hybridized carbons (Fsp3) is 0.550. The molecule has 148 valence electrons. The summed E-state index contributed by atoms with van der Waals surface area (Å²) in [6.07, 6.45) is 2.08. The predicted molar refractivity (Wildman–Crippen MR) is 107 cm³/mol. The summed E-state index contributed by atoms with van der Waals surface area (Å²) in [5.74, 6) is -1.36. The molecule has 1 aliphatic heterocycles. The highest BCUT2D eigenvalue weighted by Crippen LogP contribution is 2.28. The average Bonchev–Trinajstić information content (AvgIpc) is 3.01. The third-order valence-electron chi connectivity index (χ3n) is 4.56. The number of carbonyl (C=O) groups excluding carboxylic acids is 3. The molecule has 27 heavy (non-hydrogen) atoms. The molecule has 0 radical (unpaired) electrons. The van der Waals surface area contributed by atoms with Crippen LogP contribution in [0.3, 0.4) is 0 Å². The summed E-state index contributed by atoms with van der Waals surface area (Å²) in [6, 6.07) is 7.72. The standard InChI is InChI=1S/C20H28N2O4S/c1-13(2)22(14(3)4)19(24)12-26-20(25)15-9-18(23)21(11-15)16-7-6-8-17(10-16)27-5/h6-8,10,13-15H,9,11-12H2,1-5H3/t15-/m1/s1. The number of rotatable bonds is 7. The van der Waals surface area contributed by atoms with Crippen LogP contribution in [0.5, 0.6) is 0 Å². The first-order chi connectivity index (χ1) is 12.7. The lowest BCUT2D eigenvalue weighted by atomic mass is 10.1. The van der Waals surface area contributed by atoms with Crippen LogP contribution in [0, 0.1) is 5.92 Å². The van der Waals surface area contributed by atoms with Gasteiger partial charge in [-0.05, 0) is 52.1 Å². The lowest BCUT2D eigenvalue weighted by molar-refractivity contribution is -0.156. The largest absolute Gasteiger partial charge is 0.455 e. The Bertz CT molecular complexity index is 697. The van der Waals surface area contributed by atoms with Crippen LogP contribution in [-0.4, -0.2) is 54.2 Å². The fourth-order valence-electron chi connectivity index (χ4n) is 3.39. The first kappa shape index (κ1) is 21.3. The van der Waals surface area contributed by atoms with E-state index in [4.69, 9.17) is 4.74 Å². The minimum atomic E-state index is -0.546. The van der Waals surface area contributed by atoms with E-state index in [1.54, 1.807) is 21.6 Å². The maximum atomic E-state index is 12.4. The van der Waals surface area contributed by atoms with Gasteiger partial charge < -0.3 is 14.5 Å². The molecule has 1 aromatic rings.